The topological polar surface area (TPSA) is 77.5 Å². The molecule has 8 heteroatoms. The van der Waals surface area contributed by atoms with E-state index in [1.165, 1.54) is 140 Å². The minimum atomic E-state index is -0.568. The first-order chi connectivity index (χ1) is 34.0. The van der Waals surface area contributed by atoms with Crippen molar-refractivity contribution < 1.29 is 28.5 Å². The highest BCUT2D eigenvalue weighted by molar-refractivity contribution is 5.82. The van der Waals surface area contributed by atoms with Crippen molar-refractivity contribution in [1.82, 2.24) is 9.80 Å². The van der Waals surface area contributed by atoms with E-state index in [4.69, 9.17) is 18.9 Å². The second-order valence-electron chi connectivity index (χ2n) is 24.4. The maximum Gasteiger partial charge on any atom is 0.410 e. The monoisotopic (exact) mass is 975 g/mol. The minimum Gasteiger partial charge on any atom is -0.464 e. The van der Waals surface area contributed by atoms with E-state index in [0.717, 1.165) is 100 Å². The largest absolute Gasteiger partial charge is 0.464 e. The van der Waals surface area contributed by atoms with Crippen LogP contribution in [0.25, 0.3) is 0 Å². The number of amides is 1. The summed E-state index contributed by atoms with van der Waals surface area (Å²) in [6.45, 7) is 20.7. The van der Waals surface area contributed by atoms with Gasteiger partial charge >= 0.3 is 12.1 Å². The van der Waals surface area contributed by atoms with Crippen molar-refractivity contribution in [3.05, 3.63) is 36.0 Å². The average Bonchev–Trinajstić information content (AvgIpc) is 3.99. The van der Waals surface area contributed by atoms with Gasteiger partial charge in [-0.15, -0.1) is 0 Å². The molecular weight excluding hydrogens is 869 g/mol. The second-order valence-corrected chi connectivity index (χ2v) is 24.4. The van der Waals surface area contributed by atoms with Crippen molar-refractivity contribution in [2.45, 2.75) is 246 Å². The summed E-state index contributed by atoms with van der Waals surface area (Å²) in [5.41, 5.74) is 2.23. The first-order valence-electron chi connectivity index (χ1n) is 30.1. The van der Waals surface area contributed by atoms with E-state index in [9.17, 15) is 9.59 Å². The van der Waals surface area contributed by atoms with Crippen LogP contribution < -0.4 is 0 Å². The highest BCUT2D eigenvalue weighted by Crippen LogP contribution is 2.67. The van der Waals surface area contributed by atoms with Gasteiger partial charge in [0.2, 0.25) is 0 Å². The fourth-order valence-corrected chi connectivity index (χ4v) is 14.8. The standard InChI is InChI=1S/C62H106N2O6/c1-7-8-9-10-11-12-13-14-15-16-17-18-19-20-21-25-43-67-48-53(47-63-40-23-22-24-41-63)68-44-28-45-69-59(65)58-31-27-42-64(58)60(66)70-52-36-38-61(5)51(46-52)32-33-54-56-35-34-55(50(4)30-26-29-49(2)3)62(56,6)39-37-57(54)61/h11-12,14-15,32,49-50,52-58H,7-10,13,16-31,33-48H2,1-6H3/b12-11-,15-14-/t50?,52-,53?,54?,55+,56?,57?,58-,61-,62?/m0/s1. The molecule has 70 heavy (non-hydrogen) atoms. The van der Waals surface area contributed by atoms with Crippen LogP contribution in [0.15, 0.2) is 36.0 Å². The molecule has 0 aromatic heterocycles. The first-order valence-corrected chi connectivity index (χ1v) is 30.1. The van der Waals surface area contributed by atoms with E-state index in [2.05, 4.69) is 76.8 Å². The average molecular weight is 976 g/mol. The fraction of sp³-hybridized carbons (Fsp3) is 0.871. The Morgan fingerprint density at radius 3 is 2.27 bits per heavy atom. The van der Waals surface area contributed by atoms with Crippen LogP contribution in [0.2, 0.25) is 0 Å². The van der Waals surface area contributed by atoms with Crippen molar-refractivity contribution in [3.8, 4) is 0 Å². The number of likely N-dealkylation sites (tertiary alicyclic amines) is 2. The molecular formula is C62H106N2O6. The molecule has 0 N–H and O–H groups in total. The van der Waals surface area contributed by atoms with Gasteiger partial charge < -0.3 is 23.8 Å². The normalized spacial score (nSPS) is 30.1. The summed E-state index contributed by atoms with van der Waals surface area (Å²) >= 11 is 0. The van der Waals surface area contributed by atoms with Gasteiger partial charge in [0.25, 0.3) is 0 Å². The molecule has 400 valence electrons. The van der Waals surface area contributed by atoms with Gasteiger partial charge in [-0.3, -0.25) is 4.90 Å². The molecule has 5 fully saturated rings. The fourth-order valence-electron chi connectivity index (χ4n) is 14.8. The number of hydrogen-bond acceptors (Lipinski definition) is 7. The maximum atomic E-state index is 13.8. The SMILES string of the molecule is CCCCC/C=C\C/C=C\CCCCCCCCOCC(CN1CCCCC1)OCCCOC(=O)[C@@H]1CCCN1C(=O)O[C@H]1CC[C@@]2(C)C(=CCC3C4CC[C@H](C(C)CCCC(C)C)C4(C)CCC32)C1. The van der Waals surface area contributed by atoms with Crippen molar-refractivity contribution in [2.75, 3.05) is 52.6 Å². The number of piperidine rings is 1. The molecule has 8 nitrogen and oxygen atoms in total. The van der Waals surface area contributed by atoms with Gasteiger partial charge in [0.15, 0.2) is 0 Å². The van der Waals surface area contributed by atoms with E-state index in [-0.39, 0.29) is 36.3 Å². The van der Waals surface area contributed by atoms with Crippen LogP contribution in [0.1, 0.15) is 228 Å². The van der Waals surface area contributed by atoms with Crippen LogP contribution in [-0.2, 0) is 23.7 Å². The molecule has 2 saturated heterocycles. The number of carbonyl (C=O) groups is 2. The van der Waals surface area contributed by atoms with Crippen LogP contribution >= 0.6 is 0 Å². The Balaban J connectivity index is 0.852. The quantitative estimate of drug-likeness (QED) is 0.0389. The van der Waals surface area contributed by atoms with Gasteiger partial charge in [-0.2, -0.15) is 0 Å². The Hall–Kier alpha value is -2.16. The number of fused-ring (bicyclic) bond motifs is 5. The van der Waals surface area contributed by atoms with Crippen LogP contribution in [0.3, 0.4) is 0 Å². The lowest BCUT2D eigenvalue weighted by atomic mass is 9.47. The molecule has 0 radical (unpaired) electrons. The molecule has 0 aromatic rings. The van der Waals surface area contributed by atoms with E-state index >= 15 is 0 Å². The van der Waals surface area contributed by atoms with E-state index in [1.54, 1.807) is 4.90 Å². The molecule has 2 heterocycles. The number of rotatable bonds is 31. The summed E-state index contributed by atoms with van der Waals surface area (Å²) in [6.07, 6.45) is 46.0. The van der Waals surface area contributed by atoms with Gasteiger partial charge in [0.05, 0.1) is 25.9 Å². The number of carbonyl (C=O) groups excluding carboxylic acids is 2. The number of unbranched alkanes of at least 4 members (excludes halogenated alkanes) is 9. The van der Waals surface area contributed by atoms with Gasteiger partial charge in [0, 0.05) is 32.5 Å². The number of ether oxygens (including phenoxy) is 4. The molecule has 6 aliphatic rings. The molecule has 0 aromatic carbocycles. The van der Waals surface area contributed by atoms with E-state index in [1.807, 2.05) is 0 Å². The molecule has 0 bridgehead atoms. The summed E-state index contributed by atoms with van der Waals surface area (Å²) in [5.74, 6) is 4.57. The highest BCUT2D eigenvalue weighted by Gasteiger charge is 2.59. The van der Waals surface area contributed by atoms with Crippen molar-refractivity contribution in [3.63, 3.8) is 0 Å². The first kappa shape index (κ1) is 57.1. The predicted molar refractivity (Wildman–Crippen MR) is 289 cm³/mol. The Morgan fingerprint density at radius 1 is 0.743 bits per heavy atom. The van der Waals surface area contributed by atoms with E-state index < -0.39 is 6.04 Å². The summed E-state index contributed by atoms with van der Waals surface area (Å²) < 4.78 is 24.7. The second kappa shape index (κ2) is 30.3. The molecule has 0 spiro atoms. The van der Waals surface area contributed by atoms with Crippen LogP contribution in [-0.4, -0.2) is 92.7 Å². The number of allylic oxidation sites excluding steroid dienone is 5. The van der Waals surface area contributed by atoms with E-state index in [0.29, 0.717) is 38.0 Å². The summed E-state index contributed by atoms with van der Waals surface area (Å²) in [7, 11) is 0. The smallest absolute Gasteiger partial charge is 0.410 e. The Kier molecular flexibility index (Phi) is 24.7. The summed E-state index contributed by atoms with van der Waals surface area (Å²) in [6, 6.07) is -0.568. The lowest BCUT2D eigenvalue weighted by molar-refractivity contribution is -0.149. The minimum absolute atomic E-state index is 0.0125. The maximum absolute atomic E-state index is 13.8. The molecule has 4 aliphatic carbocycles. The van der Waals surface area contributed by atoms with Crippen molar-refractivity contribution in [1.29, 1.82) is 0 Å². The van der Waals surface area contributed by atoms with Crippen molar-refractivity contribution in [2.24, 2.45) is 46.3 Å². The Morgan fingerprint density at radius 2 is 1.50 bits per heavy atom. The number of esters is 1. The third kappa shape index (κ3) is 16.9. The number of nitrogens with zero attached hydrogens (tertiary/aromatic N) is 2. The zero-order chi connectivity index (χ0) is 49.6. The van der Waals surface area contributed by atoms with Gasteiger partial charge in [-0.05, 0) is 169 Å². The Bertz CT molecular complexity index is 1600. The zero-order valence-corrected chi connectivity index (χ0v) is 46.1. The molecule has 2 aliphatic heterocycles. The van der Waals surface area contributed by atoms with Crippen LogP contribution in [0.4, 0.5) is 4.79 Å². The highest BCUT2D eigenvalue weighted by atomic mass is 16.6. The molecule has 6 rings (SSSR count). The molecule has 10 atom stereocenters. The van der Waals surface area contributed by atoms with Crippen molar-refractivity contribution >= 4 is 12.1 Å². The van der Waals surface area contributed by atoms with Gasteiger partial charge in [-0.1, -0.05) is 142 Å². The number of hydrogen-bond donors (Lipinski definition) is 0. The van der Waals surface area contributed by atoms with Crippen LogP contribution in [0.5, 0.6) is 0 Å². The molecule has 6 unspecified atom stereocenters. The molecule has 3 saturated carbocycles. The lowest BCUT2D eigenvalue weighted by Gasteiger charge is -2.58. The predicted octanol–water partition coefficient (Wildman–Crippen LogP) is 15.6. The third-order valence-corrected chi connectivity index (χ3v) is 18.9. The lowest BCUT2D eigenvalue weighted by Crippen LogP contribution is -2.51. The van der Waals surface area contributed by atoms with Gasteiger partial charge in [0.1, 0.15) is 12.1 Å². The summed E-state index contributed by atoms with van der Waals surface area (Å²) in [4.78, 5) is 31.4. The summed E-state index contributed by atoms with van der Waals surface area (Å²) in [5, 5.41) is 0. The third-order valence-electron chi connectivity index (χ3n) is 18.9. The van der Waals surface area contributed by atoms with Crippen LogP contribution in [0, 0.1) is 46.3 Å². The Labute approximate surface area is 429 Å². The molecule has 1 amide bonds. The van der Waals surface area contributed by atoms with Gasteiger partial charge in [-0.25, -0.2) is 9.59 Å². The zero-order valence-electron chi connectivity index (χ0n) is 46.1.